The first-order valence-electron chi connectivity index (χ1n) is 5.77. The molecule has 0 aliphatic carbocycles. The Morgan fingerprint density at radius 2 is 1.74 bits per heavy atom. The summed E-state index contributed by atoms with van der Waals surface area (Å²) in [5, 5.41) is 18.9. The molecule has 0 bridgehead atoms. The molecule has 0 aromatic heterocycles. The SMILES string of the molecule is CC(C)(O)C(C)(C)NS(=O)(=O)c1ccccc1C#N. The maximum atomic E-state index is 12.3. The highest BCUT2D eigenvalue weighted by Gasteiger charge is 2.39. The highest BCUT2D eigenvalue weighted by atomic mass is 32.2. The lowest BCUT2D eigenvalue weighted by molar-refractivity contribution is 0.00638. The number of sulfonamides is 1. The molecule has 0 unspecified atom stereocenters. The Balaban J connectivity index is 3.25. The van der Waals surface area contributed by atoms with Crippen molar-refractivity contribution in [1.82, 2.24) is 4.72 Å². The van der Waals surface area contributed by atoms with Gasteiger partial charge in [-0.15, -0.1) is 0 Å². The molecule has 104 valence electrons. The number of benzene rings is 1. The first kappa shape index (κ1) is 15.6. The molecular formula is C13H18N2O3S. The van der Waals surface area contributed by atoms with E-state index in [1.165, 1.54) is 26.0 Å². The van der Waals surface area contributed by atoms with E-state index in [2.05, 4.69) is 4.72 Å². The van der Waals surface area contributed by atoms with Crippen LogP contribution in [0.2, 0.25) is 0 Å². The standard InChI is InChI=1S/C13H18N2O3S/c1-12(2,13(3,4)16)15-19(17,18)11-8-6-5-7-10(11)9-14/h5-8,15-16H,1-4H3. The van der Waals surface area contributed by atoms with Gasteiger partial charge in [0.05, 0.1) is 21.6 Å². The van der Waals surface area contributed by atoms with Crippen molar-refractivity contribution in [1.29, 1.82) is 5.26 Å². The van der Waals surface area contributed by atoms with E-state index in [0.717, 1.165) is 0 Å². The lowest BCUT2D eigenvalue weighted by atomic mass is 9.87. The van der Waals surface area contributed by atoms with Gasteiger partial charge < -0.3 is 5.11 Å². The third kappa shape index (κ3) is 3.32. The van der Waals surface area contributed by atoms with Gasteiger partial charge in [-0.3, -0.25) is 0 Å². The summed E-state index contributed by atoms with van der Waals surface area (Å²) >= 11 is 0. The van der Waals surface area contributed by atoms with Crippen molar-refractivity contribution in [3.05, 3.63) is 29.8 Å². The smallest absolute Gasteiger partial charge is 0.242 e. The zero-order valence-electron chi connectivity index (χ0n) is 11.4. The molecule has 0 radical (unpaired) electrons. The van der Waals surface area contributed by atoms with Crippen LogP contribution in [0.25, 0.3) is 0 Å². The van der Waals surface area contributed by atoms with Crippen LogP contribution in [0.1, 0.15) is 33.3 Å². The molecule has 0 heterocycles. The van der Waals surface area contributed by atoms with Gasteiger partial charge in [-0.25, -0.2) is 13.1 Å². The Kier molecular flexibility index (Phi) is 4.06. The molecule has 19 heavy (non-hydrogen) atoms. The molecule has 5 nitrogen and oxygen atoms in total. The highest BCUT2D eigenvalue weighted by Crippen LogP contribution is 2.24. The van der Waals surface area contributed by atoms with Crippen molar-refractivity contribution in [3.8, 4) is 6.07 Å². The van der Waals surface area contributed by atoms with E-state index < -0.39 is 21.2 Å². The molecule has 0 fully saturated rings. The third-order valence-corrected chi connectivity index (χ3v) is 4.93. The van der Waals surface area contributed by atoms with E-state index in [9.17, 15) is 13.5 Å². The van der Waals surface area contributed by atoms with Crippen molar-refractivity contribution in [2.75, 3.05) is 0 Å². The average Bonchev–Trinajstić information content (AvgIpc) is 2.26. The monoisotopic (exact) mass is 282 g/mol. The first-order valence-corrected chi connectivity index (χ1v) is 7.25. The molecule has 0 atom stereocenters. The summed E-state index contributed by atoms with van der Waals surface area (Å²) in [7, 11) is -3.88. The largest absolute Gasteiger partial charge is 0.389 e. The maximum Gasteiger partial charge on any atom is 0.242 e. The van der Waals surface area contributed by atoms with Crippen molar-refractivity contribution < 1.29 is 13.5 Å². The Hall–Kier alpha value is -1.42. The zero-order chi connectivity index (χ0) is 14.9. The fourth-order valence-electron chi connectivity index (χ4n) is 1.31. The molecule has 1 rings (SSSR count). The van der Waals surface area contributed by atoms with E-state index >= 15 is 0 Å². The zero-order valence-corrected chi connectivity index (χ0v) is 12.2. The average molecular weight is 282 g/mol. The van der Waals surface area contributed by atoms with Crippen LogP contribution in [0.15, 0.2) is 29.2 Å². The van der Waals surface area contributed by atoms with Crippen molar-refractivity contribution in [2.24, 2.45) is 0 Å². The summed E-state index contributed by atoms with van der Waals surface area (Å²) in [5.74, 6) is 0. The summed E-state index contributed by atoms with van der Waals surface area (Å²) in [6.07, 6.45) is 0. The Morgan fingerprint density at radius 3 is 2.21 bits per heavy atom. The second-order valence-corrected chi connectivity index (χ2v) is 7.05. The third-order valence-electron chi connectivity index (χ3n) is 3.22. The minimum absolute atomic E-state index is 0.0709. The van der Waals surface area contributed by atoms with Crippen LogP contribution in [0.5, 0.6) is 0 Å². The van der Waals surface area contributed by atoms with Gasteiger partial charge in [0.2, 0.25) is 10.0 Å². The molecule has 1 aromatic rings. The number of nitrogens with zero attached hydrogens (tertiary/aromatic N) is 1. The predicted molar refractivity (Wildman–Crippen MR) is 71.9 cm³/mol. The lowest BCUT2D eigenvalue weighted by Gasteiger charge is -2.37. The summed E-state index contributed by atoms with van der Waals surface area (Å²) < 4.78 is 27.0. The quantitative estimate of drug-likeness (QED) is 0.873. The van der Waals surface area contributed by atoms with Gasteiger partial charge in [0.25, 0.3) is 0 Å². The normalized spacial score (nSPS) is 13.1. The van der Waals surface area contributed by atoms with Gasteiger partial charge in [0.1, 0.15) is 6.07 Å². The minimum Gasteiger partial charge on any atom is -0.389 e. The van der Waals surface area contributed by atoms with Gasteiger partial charge in [-0.2, -0.15) is 5.26 Å². The molecule has 6 heteroatoms. The summed E-state index contributed by atoms with van der Waals surface area (Å²) in [5.41, 5.74) is -2.25. The molecular weight excluding hydrogens is 264 g/mol. The number of rotatable bonds is 4. The van der Waals surface area contributed by atoms with E-state index in [-0.39, 0.29) is 10.5 Å². The van der Waals surface area contributed by atoms with Crippen LogP contribution < -0.4 is 4.72 Å². The molecule has 0 amide bonds. The number of hydrogen-bond acceptors (Lipinski definition) is 4. The topological polar surface area (TPSA) is 90.2 Å². The Bertz CT molecular complexity index is 608. The molecule has 0 saturated heterocycles. The van der Waals surface area contributed by atoms with Crippen molar-refractivity contribution in [3.63, 3.8) is 0 Å². The highest BCUT2D eigenvalue weighted by molar-refractivity contribution is 7.89. The van der Waals surface area contributed by atoms with Crippen LogP contribution in [0.3, 0.4) is 0 Å². The molecule has 0 saturated carbocycles. The molecule has 2 N–H and O–H groups in total. The van der Waals surface area contributed by atoms with Crippen LogP contribution in [-0.2, 0) is 10.0 Å². The van der Waals surface area contributed by atoms with Gasteiger partial charge in [0.15, 0.2) is 0 Å². The summed E-state index contributed by atoms with van der Waals surface area (Å²) in [4.78, 5) is -0.0881. The van der Waals surface area contributed by atoms with Gasteiger partial charge in [0, 0.05) is 0 Å². The molecule has 0 aliphatic heterocycles. The number of aliphatic hydroxyl groups is 1. The fraction of sp³-hybridized carbons (Fsp3) is 0.462. The van der Waals surface area contributed by atoms with E-state index in [1.807, 2.05) is 6.07 Å². The van der Waals surface area contributed by atoms with Crippen LogP contribution in [0.4, 0.5) is 0 Å². The van der Waals surface area contributed by atoms with Crippen LogP contribution >= 0.6 is 0 Å². The van der Waals surface area contributed by atoms with E-state index in [1.54, 1.807) is 26.0 Å². The molecule has 0 spiro atoms. The maximum absolute atomic E-state index is 12.3. The van der Waals surface area contributed by atoms with Crippen LogP contribution in [0, 0.1) is 11.3 Å². The van der Waals surface area contributed by atoms with Gasteiger partial charge in [-0.05, 0) is 39.8 Å². The van der Waals surface area contributed by atoms with Crippen LogP contribution in [-0.4, -0.2) is 24.7 Å². The Morgan fingerprint density at radius 1 is 1.21 bits per heavy atom. The van der Waals surface area contributed by atoms with Gasteiger partial charge >= 0.3 is 0 Å². The number of hydrogen-bond donors (Lipinski definition) is 2. The first-order chi connectivity index (χ1) is 8.51. The van der Waals surface area contributed by atoms with Crippen molar-refractivity contribution in [2.45, 2.75) is 43.7 Å². The number of nitrogens with one attached hydrogen (secondary N) is 1. The Labute approximate surface area is 113 Å². The predicted octanol–water partition coefficient (Wildman–Crippen LogP) is 1.39. The fourth-order valence-corrected chi connectivity index (χ4v) is 3.00. The van der Waals surface area contributed by atoms with E-state index in [4.69, 9.17) is 5.26 Å². The summed E-state index contributed by atoms with van der Waals surface area (Å²) in [6, 6.07) is 7.79. The molecule has 0 aliphatic rings. The lowest BCUT2D eigenvalue weighted by Crippen LogP contribution is -2.57. The van der Waals surface area contributed by atoms with Crippen molar-refractivity contribution >= 4 is 10.0 Å². The minimum atomic E-state index is -3.88. The van der Waals surface area contributed by atoms with Gasteiger partial charge in [-0.1, -0.05) is 12.1 Å². The van der Waals surface area contributed by atoms with E-state index in [0.29, 0.717) is 0 Å². The second kappa shape index (κ2) is 4.93. The molecule has 1 aromatic carbocycles. The summed E-state index contributed by atoms with van der Waals surface area (Å²) in [6.45, 7) is 6.20. The second-order valence-electron chi connectivity index (χ2n) is 5.40. The number of nitriles is 1.